The molecule has 0 aromatic heterocycles. The first kappa shape index (κ1) is 36.2. The Balaban J connectivity index is 1.22. The fraction of sp³-hybridized carbons (Fsp3) is 0.525. The minimum Gasteiger partial charge on any atom is -0.489 e. The van der Waals surface area contributed by atoms with Gasteiger partial charge in [0.15, 0.2) is 0 Å². The summed E-state index contributed by atoms with van der Waals surface area (Å²) in [6.45, 7) is 5.36. The highest BCUT2D eigenvalue weighted by Crippen LogP contribution is 2.45. The van der Waals surface area contributed by atoms with E-state index >= 15 is 8.78 Å². The topological polar surface area (TPSA) is 56.3 Å². The van der Waals surface area contributed by atoms with E-state index < -0.39 is 42.2 Å². The third-order valence-corrected chi connectivity index (χ3v) is 11.0. The SMILES string of the molecule is C[C@@H]1Cc2cc(OCc3ccccc3)ccc2C(c2c(F)cc(N3CCCC4(CCCN(CC(=O)O)CC4)CCC3)cc2F)N1CC(C)(F)F. The van der Waals surface area contributed by atoms with Crippen molar-refractivity contribution in [3.05, 3.63) is 94.6 Å². The van der Waals surface area contributed by atoms with Gasteiger partial charge in [-0.15, -0.1) is 0 Å². The number of fused-ring (bicyclic) bond motifs is 1. The van der Waals surface area contributed by atoms with Crippen molar-refractivity contribution >= 4 is 11.7 Å². The van der Waals surface area contributed by atoms with Crippen LogP contribution in [0.4, 0.5) is 23.2 Å². The second kappa shape index (κ2) is 15.3. The molecule has 3 aromatic carbocycles. The quantitative estimate of drug-likeness (QED) is 0.227. The molecule has 10 heteroatoms. The lowest BCUT2D eigenvalue weighted by Gasteiger charge is -2.43. The smallest absolute Gasteiger partial charge is 0.317 e. The molecular weight excluding hydrogens is 646 g/mol. The molecule has 0 saturated carbocycles. The number of carbonyl (C=O) groups is 1. The third kappa shape index (κ3) is 8.62. The van der Waals surface area contributed by atoms with E-state index in [4.69, 9.17) is 4.74 Å². The van der Waals surface area contributed by atoms with Crippen LogP contribution in [0, 0.1) is 17.0 Å². The van der Waals surface area contributed by atoms with Crippen molar-refractivity contribution in [2.45, 2.75) is 89.8 Å². The van der Waals surface area contributed by atoms with Crippen LogP contribution in [0.3, 0.4) is 0 Å². The van der Waals surface area contributed by atoms with Gasteiger partial charge in [-0.1, -0.05) is 36.4 Å². The monoisotopic (exact) mass is 695 g/mol. The Labute approximate surface area is 293 Å². The van der Waals surface area contributed by atoms with Gasteiger partial charge in [0.25, 0.3) is 5.92 Å². The van der Waals surface area contributed by atoms with E-state index in [-0.39, 0.29) is 17.5 Å². The van der Waals surface area contributed by atoms with Crippen LogP contribution in [0.5, 0.6) is 5.75 Å². The minimum atomic E-state index is -3.07. The zero-order valence-corrected chi connectivity index (χ0v) is 29.2. The van der Waals surface area contributed by atoms with Crippen LogP contribution >= 0.6 is 0 Å². The average molecular weight is 696 g/mol. The Kier molecular flexibility index (Phi) is 11.1. The zero-order chi connectivity index (χ0) is 35.5. The molecule has 0 aliphatic carbocycles. The molecule has 0 bridgehead atoms. The highest BCUT2D eigenvalue weighted by atomic mass is 19.3. The number of ether oxygens (including phenoxy) is 1. The summed E-state index contributed by atoms with van der Waals surface area (Å²) in [5, 5.41) is 9.25. The molecule has 0 amide bonds. The number of benzene rings is 3. The summed E-state index contributed by atoms with van der Waals surface area (Å²) >= 11 is 0. The van der Waals surface area contributed by atoms with Gasteiger partial charge in [-0.3, -0.25) is 14.6 Å². The molecule has 270 valence electrons. The molecule has 3 aliphatic heterocycles. The molecule has 1 spiro atoms. The number of hydrogen-bond acceptors (Lipinski definition) is 5. The van der Waals surface area contributed by atoms with Crippen LogP contribution in [-0.2, 0) is 17.8 Å². The summed E-state index contributed by atoms with van der Waals surface area (Å²) in [6, 6.07) is 16.5. The van der Waals surface area contributed by atoms with Gasteiger partial charge < -0.3 is 14.7 Å². The standard InChI is InChI=1S/C40H49F4N3O3/c1-28-21-30-22-32(50-26-29-9-4-3-5-10-29)11-12-33(30)38(47(28)27-39(2,43)44)37-34(41)23-31(24-35(37)42)46-18-7-14-40(15-8-19-46)13-6-17-45(20-16-40)25-36(48)49/h3-5,9-12,22-24,28,38H,6-8,13-21,25-27H2,1-2H3,(H,48,49)/t28-,38?/m1/s1. The van der Waals surface area contributed by atoms with Crippen LogP contribution in [0.2, 0.25) is 0 Å². The second-order valence-electron chi connectivity index (χ2n) is 14.9. The minimum absolute atomic E-state index is 0.0746. The molecule has 1 unspecified atom stereocenters. The summed E-state index contributed by atoms with van der Waals surface area (Å²) in [4.78, 5) is 16.9. The molecule has 2 atom stereocenters. The molecule has 6 nitrogen and oxygen atoms in total. The maximum Gasteiger partial charge on any atom is 0.317 e. The first-order chi connectivity index (χ1) is 23.9. The number of aliphatic carboxylic acids is 1. The highest BCUT2D eigenvalue weighted by molar-refractivity contribution is 5.69. The van der Waals surface area contributed by atoms with E-state index in [2.05, 4.69) is 0 Å². The predicted molar refractivity (Wildman–Crippen MR) is 187 cm³/mol. The van der Waals surface area contributed by atoms with Crippen molar-refractivity contribution in [2.75, 3.05) is 44.2 Å². The Bertz CT molecular complexity index is 1600. The van der Waals surface area contributed by atoms with Crippen LogP contribution in [0.1, 0.15) is 87.1 Å². The van der Waals surface area contributed by atoms with Crippen molar-refractivity contribution in [2.24, 2.45) is 5.41 Å². The number of alkyl halides is 2. The third-order valence-electron chi connectivity index (χ3n) is 11.0. The van der Waals surface area contributed by atoms with Gasteiger partial charge in [-0.05, 0) is 118 Å². The first-order valence-electron chi connectivity index (χ1n) is 18.0. The average Bonchev–Trinajstić information content (AvgIpc) is 3.24. The van der Waals surface area contributed by atoms with Gasteiger partial charge in [0, 0.05) is 37.3 Å². The van der Waals surface area contributed by atoms with Gasteiger partial charge in [0.2, 0.25) is 0 Å². The zero-order valence-electron chi connectivity index (χ0n) is 29.2. The Morgan fingerprint density at radius 3 is 2.22 bits per heavy atom. The summed E-state index contributed by atoms with van der Waals surface area (Å²) in [6.07, 6.45) is 7.16. The molecule has 3 heterocycles. The molecule has 6 rings (SSSR count). The summed E-state index contributed by atoms with van der Waals surface area (Å²) < 4.78 is 67.9. The van der Waals surface area contributed by atoms with E-state index in [1.54, 1.807) is 12.1 Å². The lowest BCUT2D eigenvalue weighted by atomic mass is 9.72. The normalized spacial score (nSPS) is 22.0. The second-order valence-corrected chi connectivity index (χ2v) is 14.9. The van der Waals surface area contributed by atoms with Gasteiger partial charge >= 0.3 is 5.97 Å². The molecule has 1 N–H and O–H groups in total. The number of halogens is 4. The number of hydrogen-bond donors (Lipinski definition) is 1. The number of carboxylic acid groups (broad SMARTS) is 1. The van der Waals surface area contributed by atoms with Gasteiger partial charge in [0.05, 0.1) is 19.1 Å². The van der Waals surface area contributed by atoms with Gasteiger partial charge in [0.1, 0.15) is 24.0 Å². The number of likely N-dealkylation sites (tertiary alicyclic amines) is 1. The van der Waals surface area contributed by atoms with E-state index in [1.165, 1.54) is 17.0 Å². The first-order valence-corrected chi connectivity index (χ1v) is 18.0. The van der Waals surface area contributed by atoms with Crippen molar-refractivity contribution in [3.8, 4) is 5.75 Å². The number of anilines is 1. The molecule has 0 radical (unpaired) electrons. The van der Waals surface area contributed by atoms with Crippen LogP contribution < -0.4 is 9.64 Å². The fourth-order valence-corrected chi connectivity index (χ4v) is 8.57. The fourth-order valence-electron chi connectivity index (χ4n) is 8.57. The molecule has 3 aromatic rings. The number of rotatable bonds is 9. The Morgan fingerprint density at radius 1 is 0.920 bits per heavy atom. The molecule has 3 aliphatic rings. The van der Waals surface area contributed by atoms with E-state index in [0.29, 0.717) is 43.1 Å². The number of carboxylic acids is 1. The van der Waals surface area contributed by atoms with Gasteiger partial charge in [-0.25, -0.2) is 17.6 Å². The molecule has 50 heavy (non-hydrogen) atoms. The van der Waals surface area contributed by atoms with Crippen molar-refractivity contribution < 1.29 is 32.2 Å². The van der Waals surface area contributed by atoms with Crippen LogP contribution in [0.25, 0.3) is 0 Å². The van der Waals surface area contributed by atoms with Crippen LogP contribution in [0.15, 0.2) is 60.7 Å². The maximum absolute atomic E-state index is 16.4. The molecular formula is C40H49F4N3O3. The largest absolute Gasteiger partial charge is 0.489 e. The van der Waals surface area contributed by atoms with E-state index in [1.807, 2.05) is 53.1 Å². The van der Waals surface area contributed by atoms with Crippen molar-refractivity contribution in [1.29, 1.82) is 0 Å². The predicted octanol–water partition coefficient (Wildman–Crippen LogP) is 8.47. The van der Waals surface area contributed by atoms with Crippen molar-refractivity contribution in [1.82, 2.24) is 9.80 Å². The van der Waals surface area contributed by atoms with Crippen molar-refractivity contribution in [3.63, 3.8) is 0 Å². The summed E-state index contributed by atoms with van der Waals surface area (Å²) in [5.74, 6) is -4.72. The lowest BCUT2D eigenvalue weighted by molar-refractivity contribution is -0.138. The lowest BCUT2D eigenvalue weighted by Crippen LogP contribution is -2.48. The van der Waals surface area contributed by atoms with E-state index in [9.17, 15) is 18.7 Å². The van der Waals surface area contributed by atoms with Crippen LogP contribution in [-0.4, -0.2) is 72.1 Å². The van der Waals surface area contributed by atoms with E-state index in [0.717, 1.165) is 76.1 Å². The number of nitrogens with zero attached hydrogens (tertiary/aromatic N) is 3. The summed E-state index contributed by atoms with van der Waals surface area (Å²) in [7, 11) is 0. The summed E-state index contributed by atoms with van der Waals surface area (Å²) in [5.41, 5.74) is 2.86. The Hall–Kier alpha value is -3.63. The molecule has 2 fully saturated rings. The molecule has 2 saturated heterocycles. The Morgan fingerprint density at radius 2 is 1.58 bits per heavy atom. The maximum atomic E-state index is 16.4. The van der Waals surface area contributed by atoms with Gasteiger partial charge in [-0.2, -0.15) is 0 Å². The highest BCUT2D eigenvalue weighted by Gasteiger charge is 2.41.